The first kappa shape index (κ1) is 74.9. The molecule has 0 aromatic carbocycles. The Morgan fingerprint density at radius 2 is 1.10 bits per heavy atom. The molecule has 2 fully saturated rings. The normalized spacial score (nSPS) is 26.5. The molecule has 0 aromatic rings. The Labute approximate surface area is 482 Å². The van der Waals surface area contributed by atoms with Crippen molar-refractivity contribution < 1.29 is 98.2 Å². The zero-order chi connectivity index (χ0) is 60.1. The minimum absolute atomic E-state index is 0.101. The van der Waals surface area contributed by atoms with E-state index in [9.17, 15) is 74.9 Å². The van der Waals surface area contributed by atoms with Gasteiger partial charge >= 0.3 is 13.8 Å². The fraction of sp³-hybridized carbons (Fsp3) is 0.914. The molecule has 2 amide bonds. The van der Waals surface area contributed by atoms with Gasteiger partial charge in [0.1, 0.15) is 61.5 Å². The van der Waals surface area contributed by atoms with Crippen molar-refractivity contribution in [3.63, 3.8) is 0 Å². The van der Waals surface area contributed by atoms with Crippen LogP contribution in [0.15, 0.2) is 12.2 Å². The molecule has 22 nitrogen and oxygen atoms in total. The van der Waals surface area contributed by atoms with Crippen molar-refractivity contribution in [2.45, 2.75) is 311 Å². The predicted octanol–water partition coefficient (Wildman–Crippen LogP) is 6.03. The van der Waals surface area contributed by atoms with Crippen LogP contribution in [0.1, 0.15) is 226 Å². The molecule has 1 unspecified atom stereocenters. The van der Waals surface area contributed by atoms with Crippen molar-refractivity contribution >= 4 is 25.6 Å². The number of amides is 2. The van der Waals surface area contributed by atoms with Crippen molar-refractivity contribution in [3.8, 4) is 0 Å². The Morgan fingerprint density at radius 1 is 0.642 bits per heavy atom. The van der Waals surface area contributed by atoms with Gasteiger partial charge in [-0.3, -0.25) is 18.6 Å². The summed E-state index contributed by atoms with van der Waals surface area (Å²) in [6, 6.07) is -3.01. The van der Waals surface area contributed by atoms with E-state index in [0.29, 0.717) is 12.8 Å². The molecule has 2 aliphatic rings. The highest BCUT2D eigenvalue weighted by Gasteiger charge is 2.61. The van der Waals surface area contributed by atoms with Gasteiger partial charge in [-0.15, -0.1) is 0 Å². The SMILES string of the molecule is CCCCCCCCCCC/C=C/[C@@H](O)[C@H](COP(=O)(O)O[C@@H]1[C@H](O)[C@H](O[C@]2(C(=O)O)C[C@H](O)[C@@H](NC(=O)CO)[C@H]([C@H](O)[C@H](O)COC)O2)[C@@H](O)[C@H](O)[C@H]1O)NC(=O)CCCCCCCCCCCCCCCCCCCCCCC. The summed E-state index contributed by atoms with van der Waals surface area (Å²) in [7, 11) is -4.33. The van der Waals surface area contributed by atoms with Crippen LogP contribution in [-0.4, -0.2) is 186 Å². The molecule has 1 heterocycles. The third kappa shape index (κ3) is 29.6. The van der Waals surface area contributed by atoms with E-state index in [-0.39, 0.29) is 6.42 Å². The number of allylic oxidation sites excluding steroid dienone is 1. The topological polar surface area (TPSA) is 361 Å². The molecule has 1 aliphatic heterocycles. The Morgan fingerprint density at radius 3 is 1.56 bits per heavy atom. The number of ether oxygens (including phenoxy) is 3. The largest absolute Gasteiger partial charge is 0.477 e. The summed E-state index contributed by atoms with van der Waals surface area (Å²) in [4.78, 5) is 49.4. The number of aliphatic hydroxyl groups excluding tert-OH is 9. The number of phosphoric ester groups is 1. The lowest BCUT2D eigenvalue weighted by Gasteiger charge is -2.50. The fourth-order valence-corrected chi connectivity index (χ4v) is 11.6. The van der Waals surface area contributed by atoms with Crippen molar-refractivity contribution in [1.29, 1.82) is 0 Å². The molecule has 15 atom stereocenters. The number of phosphoric acid groups is 1. The lowest BCUT2D eigenvalue weighted by atomic mass is 9.84. The smallest absolute Gasteiger partial charge is 0.472 e. The number of nitrogens with one attached hydrogen (secondary N) is 2. The van der Waals surface area contributed by atoms with E-state index in [0.717, 1.165) is 58.5 Å². The molecule has 1 saturated heterocycles. The van der Waals surface area contributed by atoms with Gasteiger partial charge in [-0.1, -0.05) is 206 Å². The minimum Gasteiger partial charge on any atom is -0.477 e. The number of hydrogen-bond acceptors (Lipinski definition) is 18. The number of rotatable bonds is 49. The first-order valence-corrected chi connectivity index (χ1v) is 32.3. The number of methoxy groups -OCH3 is 1. The summed E-state index contributed by atoms with van der Waals surface area (Å²) in [5.74, 6) is -6.80. The first-order chi connectivity index (χ1) is 38.8. The predicted molar refractivity (Wildman–Crippen MR) is 304 cm³/mol. The summed E-state index contributed by atoms with van der Waals surface area (Å²) in [6.45, 7) is 1.92. The minimum atomic E-state index is -5.49. The maximum absolute atomic E-state index is 13.6. The van der Waals surface area contributed by atoms with E-state index in [4.69, 9.17) is 23.3 Å². The molecule has 0 aromatic heterocycles. The monoisotopic (exact) mass is 1180 g/mol. The number of carbonyl (C=O) groups is 3. The van der Waals surface area contributed by atoms with Gasteiger partial charge in [0.15, 0.2) is 0 Å². The van der Waals surface area contributed by atoms with Gasteiger partial charge in [0.25, 0.3) is 5.79 Å². The summed E-state index contributed by atoms with van der Waals surface area (Å²) in [5.41, 5.74) is 0. The van der Waals surface area contributed by atoms with Crippen molar-refractivity contribution in [2.24, 2.45) is 0 Å². The van der Waals surface area contributed by atoms with Crippen LogP contribution in [0, 0.1) is 0 Å². The average molecular weight is 1190 g/mol. The van der Waals surface area contributed by atoms with Crippen LogP contribution in [0.2, 0.25) is 0 Å². The number of aliphatic hydroxyl groups is 9. The average Bonchev–Trinajstić information content (AvgIpc) is 3.62. The highest BCUT2D eigenvalue weighted by atomic mass is 31.2. The van der Waals surface area contributed by atoms with Crippen molar-refractivity contribution in [3.05, 3.63) is 12.2 Å². The summed E-state index contributed by atoms with van der Waals surface area (Å²) in [5, 5.41) is 113. The summed E-state index contributed by atoms with van der Waals surface area (Å²) in [6.07, 6.45) is 14.6. The zero-order valence-corrected chi connectivity index (χ0v) is 50.1. The highest BCUT2D eigenvalue weighted by Crippen LogP contribution is 2.48. The van der Waals surface area contributed by atoms with E-state index in [1.807, 2.05) is 0 Å². The van der Waals surface area contributed by atoms with Gasteiger partial charge in [0.05, 0.1) is 37.5 Å². The van der Waals surface area contributed by atoms with Crippen LogP contribution in [0.3, 0.4) is 0 Å². The van der Waals surface area contributed by atoms with Crippen LogP contribution in [0.4, 0.5) is 0 Å². The van der Waals surface area contributed by atoms with Crippen LogP contribution in [0.25, 0.3) is 0 Å². The molecule has 1 saturated carbocycles. The molecule has 23 heteroatoms. The van der Waals surface area contributed by atoms with Crippen LogP contribution in [0.5, 0.6) is 0 Å². The third-order valence-corrected chi connectivity index (χ3v) is 16.5. The Bertz CT molecular complexity index is 1740. The molecule has 81 heavy (non-hydrogen) atoms. The third-order valence-electron chi connectivity index (χ3n) is 15.6. The van der Waals surface area contributed by atoms with Gasteiger partial charge < -0.3 is 80.8 Å². The lowest BCUT2D eigenvalue weighted by molar-refractivity contribution is -0.350. The van der Waals surface area contributed by atoms with E-state index < -0.39 is 137 Å². The number of aliphatic carboxylic acids is 1. The molecule has 2 rings (SSSR count). The van der Waals surface area contributed by atoms with Crippen LogP contribution >= 0.6 is 7.82 Å². The van der Waals surface area contributed by atoms with E-state index in [1.165, 1.54) is 141 Å². The second-order valence-electron chi connectivity index (χ2n) is 22.6. The summed E-state index contributed by atoms with van der Waals surface area (Å²) >= 11 is 0. The molecule has 0 spiro atoms. The number of carboxylic acids is 1. The Hall–Kier alpha value is -2.22. The van der Waals surface area contributed by atoms with Crippen LogP contribution < -0.4 is 10.6 Å². The second kappa shape index (κ2) is 43.4. The standard InChI is InChI=1S/C58H109N2O20P/c1-4-6-8-10-12-14-16-17-18-19-20-21-22-23-24-25-27-29-31-33-35-37-46(65)59-42(43(62)36-34-32-30-28-26-15-13-11-9-7-5-2)40-77-81(74,75)80-56-52(70)50(68)51(69)55(53(56)71)79-58(57(72)73)38-44(63)48(60-47(66)39-61)54(78-58)49(67)45(64)41-76-3/h34,36,42-45,48-56,61-64,67-71H,4-33,35,37-41H2,1-3H3,(H,59,65)(H,60,66)(H,72,73)(H,74,75)/b36-34+/t42-,43+,44-,45+,48+,49+,50-,51-,52+,53+,54+,55+,56-,58-/m0/s1. The van der Waals surface area contributed by atoms with Gasteiger partial charge in [0.2, 0.25) is 11.8 Å². The molecule has 476 valence electrons. The van der Waals surface area contributed by atoms with Crippen molar-refractivity contribution in [1.82, 2.24) is 10.6 Å². The summed E-state index contributed by atoms with van der Waals surface area (Å²) < 4.78 is 40.1. The molecule has 13 N–H and O–H groups in total. The van der Waals surface area contributed by atoms with E-state index >= 15 is 0 Å². The second-order valence-corrected chi connectivity index (χ2v) is 24.0. The van der Waals surface area contributed by atoms with Crippen molar-refractivity contribution in [2.75, 3.05) is 26.9 Å². The lowest BCUT2D eigenvalue weighted by Crippen LogP contribution is -2.71. The number of unbranched alkanes of at least 4 members (excludes halogenated alkanes) is 29. The zero-order valence-electron chi connectivity index (χ0n) is 49.2. The Kier molecular flexibility index (Phi) is 40.1. The van der Waals surface area contributed by atoms with Crippen LogP contribution in [-0.2, 0) is 42.2 Å². The maximum atomic E-state index is 13.6. The molecule has 1 aliphatic carbocycles. The van der Waals surface area contributed by atoms with Gasteiger partial charge in [0, 0.05) is 20.0 Å². The number of carbonyl (C=O) groups excluding carboxylic acids is 2. The Balaban J connectivity index is 2.05. The van der Waals surface area contributed by atoms with Gasteiger partial charge in [-0.25, -0.2) is 9.36 Å². The van der Waals surface area contributed by atoms with E-state index in [1.54, 1.807) is 6.08 Å². The quantitative estimate of drug-likeness (QED) is 0.0188. The number of carboxylic acid groups (broad SMARTS) is 1. The maximum Gasteiger partial charge on any atom is 0.472 e. The highest BCUT2D eigenvalue weighted by molar-refractivity contribution is 7.47. The first-order valence-electron chi connectivity index (χ1n) is 30.8. The molecule has 0 radical (unpaired) electrons. The fourth-order valence-electron chi connectivity index (χ4n) is 10.6. The van der Waals surface area contributed by atoms with E-state index in [2.05, 4.69) is 24.5 Å². The molecular weight excluding hydrogens is 1080 g/mol. The molecule has 0 bridgehead atoms. The number of hydrogen-bond donors (Lipinski definition) is 13. The van der Waals surface area contributed by atoms with Gasteiger partial charge in [-0.05, 0) is 19.3 Å². The molecular formula is C58H109N2O20P. The van der Waals surface area contributed by atoms with Gasteiger partial charge in [-0.2, -0.15) is 0 Å².